The number of nitrogens with one attached hydrogen (secondary N) is 2. The number of carbonyl (C=O) groups is 2. The molecule has 0 radical (unpaired) electrons. The Morgan fingerprint density at radius 3 is 2.33 bits per heavy atom. The molecule has 8 nitrogen and oxygen atoms in total. The third kappa shape index (κ3) is 6.68. The second-order valence-corrected chi connectivity index (χ2v) is 9.03. The Labute approximate surface area is 231 Å². The molecule has 198 valence electrons. The van der Waals surface area contributed by atoms with Crippen LogP contribution < -0.4 is 15.5 Å². The van der Waals surface area contributed by atoms with Gasteiger partial charge in [0.25, 0.3) is 0 Å². The highest BCUT2D eigenvalue weighted by Crippen LogP contribution is 2.25. The van der Waals surface area contributed by atoms with Gasteiger partial charge in [-0.3, -0.25) is 9.59 Å². The summed E-state index contributed by atoms with van der Waals surface area (Å²) in [5.74, 6) is -0.957. The molecule has 2 N–H and O–H groups in total. The highest BCUT2D eigenvalue weighted by Gasteiger charge is 2.14. The fraction of sp³-hybridized carbons (Fsp3) is 0.0625. The maximum absolute atomic E-state index is 12.3. The van der Waals surface area contributed by atoms with Crippen LogP contribution in [0.5, 0.6) is 5.75 Å². The van der Waals surface area contributed by atoms with Crippen molar-refractivity contribution in [3.63, 3.8) is 0 Å². The van der Waals surface area contributed by atoms with Crippen molar-refractivity contribution in [2.45, 2.75) is 13.5 Å². The van der Waals surface area contributed by atoms with Crippen LogP contribution in [0.2, 0.25) is 0 Å². The zero-order valence-corrected chi connectivity index (χ0v) is 21.8. The Morgan fingerprint density at radius 1 is 0.875 bits per heavy atom. The third-order valence-corrected chi connectivity index (χ3v) is 5.99. The van der Waals surface area contributed by atoms with Gasteiger partial charge in [-0.15, -0.1) is 0 Å². The lowest BCUT2D eigenvalue weighted by Crippen LogP contribution is -2.32. The molecule has 1 aromatic heterocycles. The summed E-state index contributed by atoms with van der Waals surface area (Å²) in [6, 6.07) is 34.4. The second kappa shape index (κ2) is 12.4. The number of benzene rings is 4. The van der Waals surface area contributed by atoms with Gasteiger partial charge in [-0.05, 0) is 66.6 Å². The molecule has 1 heterocycles. The highest BCUT2D eigenvalue weighted by atomic mass is 16.5. The first-order valence-electron chi connectivity index (χ1n) is 12.7. The molecule has 0 saturated heterocycles. The summed E-state index contributed by atoms with van der Waals surface area (Å²) in [4.78, 5) is 24.6. The van der Waals surface area contributed by atoms with E-state index in [4.69, 9.17) is 9.84 Å². The van der Waals surface area contributed by atoms with Crippen LogP contribution in [0.1, 0.15) is 16.7 Å². The minimum absolute atomic E-state index is 0.470. The topological polar surface area (TPSA) is 97.6 Å². The molecule has 2 amide bonds. The van der Waals surface area contributed by atoms with Crippen molar-refractivity contribution in [2.75, 3.05) is 5.32 Å². The van der Waals surface area contributed by atoms with Crippen molar-refractivity contribution in [2.24, 2.45) is 5.10 Å². The predicted molar refractivity (Wildman–Crippen MR) is 155 cm³/mol. The van der Waals surface area contributed by atoms with Crippen molar-refractivity contribution < 1.29 is 14.3 Å². The van der Waals surface area contributed by atoms with Crippen LogP contribution in [0.4, 0.5) is 5.69 Å². The number of para-hydroxylation sites is 1. The van der Waals surface area contributed by atoms with E-state index in [0.717, 1.165) is 28.1 Å². The molecular weight excluding hydrogens is 502 g/mol. The Kier molecular flexibility index (Phi) is 8.07. The van der Waals surface area contributed by atoms with E-state index in [1.165, 1.54) is 6.21 Å². The molecule has 5 aromatic rings. The SMILES string of the molecule is Cc1cccc(NC(=O)C(=O)N/N=C/c2cn(-c3ccccc3)nc2-c2ccc(OCc3ccccc3)cc2)c1. The molecule has 0 aliphatic rings. The van der Waals surface area contributed by atoms with Crippen molar-refractivity contribution in [1.29, 1.82) is 0 Å². The van der Waals surface area contributed by atoms with Gasteiger partial charge in [0.15, 0.2) is 0 Å². The maximum atomic E-state index is 12.3. The molecule has 0 fully saturated rings. The number of hydrogen-bond donors (Lipinski definition) is 2. The summed E-state index contributed by atoms with van der Waals surface area (Å²) < 4.78 is 7.65. The van der Waals surface area contributed by atoms with Gasteiger partial charge in [0.1, 0.15) is 18.1 Å². The number of hydrazone groups is 1. The molecule has 0 aliphatic carbocycles. The van der Waals surface area contributed by atoms with Crippen LogP contribution in [0.25, 0.3) is 16.9 Å². The maximum Gasteiger partial charge on any atom is 0.329 e. The summed E-state index contributed by atoms with van der Waals surface area (Å²) in [6.07, 6.45) is 3.28. The van der Waals surface area contributed by atoms with Gasteiger partial charge in [-0.1, -0.05) is 60.7 Å². The summed E-state index contributed by atoms with van der Waals surface area (Å²) >= 11 is 0. The van der Waals surface area contributed by atoms with Gasteiger partial charge in [0.05, 0.1) is 11.9 Å². The van der Waals surface area contributed by atoms with Crippen molar-refractivity contribution in [1.82, 2.24) is 15.2 Å². The number of carbonyl (C=O) groups excluding carboxylic acids is 2. The number of ether oxygens (including phenoxy) is 1. The molecule has 0 atom stereocenters. The van der Waals surface area contributed by atoms with Crippen LogP contribution in [0.3, 0.4) is 0 Å². The van der Waals surface area contributed by atoms with Gasteiger partial charge in [-0.2, -0.15) is 10.2 Å². The number of anilines is 1. The Bertz CT molecular complexity index is 1630. The molecule has 4 aromatic carbocycles. The van der Waals surface area contributed by atoms with E-state index in [9.17, 15) is 9.59 Å². The molecule has 8 heteroatoms. The Balaban J connectivity index is 1.32. The molecule has 0 saturated carbocycles. The van der Waals surface area contributed by atoms with Crippen LogP contribution in [-0.2, 0) is 16.2 Å². The first-order valence-corrected chi connectivity index (χ1v) is 12.7. The monoisotopic (exact) mass is 529 g/mol. The lowest BCUT2D eigenvalue weighted by atomic mass is 10.1. The van der Waals surface area contributed by atoms with E-state index < -0.39 is 11.8 Å². The van der Waals surface area contributed by atoms with E-state index >= 15 is 0 Å². The van der Waals surface area contributed by atoms with Gasteiger partial charge in [0.2, 0.25) is 0 Å². The summed E-state index contributed by atoms with van der Waals surface area (Å²) in [6.45, 7) is 2.37. The molecule has 0 bridgehead atoms. The normalized spacial score (nSPS) is 10.8. The number of nitrogens with zero attached hydrogens (tertiary/aromatic N) is 3. The van der Waals surface area contributed by atoms with Gasteiger partial charge in [-0.25, -0.2) is 10.1 Å². The van der Waals surface area contributed by atoms with Gasteiger partial charge in [0, 0.05) is 23.0 Å². The standard InChI is InChI=1S/C32H27N5O3/c1-23-9-8-12-27(19-23)34-31(38)32(39)35-33-20-26-21-37(28-13-6-3-7-14-28)36-30(26)25-15-17-29(18-16-25)40-22-24-10-4-2-5-11-24/h2-21H,22H2,1H3,(H,34,38)(H,35,39)/b33-20+. The molecule has 0 aliphatic heterocycles. The molecule has 5 rings (SSSR count). The van der Waals surface area contributed by atoms with Gasteiger partial charge >= 0.3 is 11.8 Å². The largest absolute Gasteiger partial charge is 0.489 e. The first-order chi connectivity index (χ1) is 19.5. The minimum atomic E-state index is -0.880. The molecule has 40 heavy (non-hydrogen) atoms. The fourth-order valence-electron chi connectivity index (χ4n) is 3.99. The Morgan fingerprint density at radius 2 is 1.60 bits per heavy atom. The zero-order chi connectivity index (χ0) is 27.7. The van der Waals surface area contributed by atoms with Crippen molar-refractivity contribution >= 4 is 23.7 Å². The molecular formula is C32H27N5O3. The first kappa shape index (κ1) is 26.1. The van der Waals surface area contributed by atoms with E-state index in [1.54, 1.807) is 22.9 Å². The fourth-order valence-corrected chi connectivity index (χ4v) is 3.99. The number of rotatable bonds is 8. The van der Waals surface area contributed by atoms with E-state index in [0.29, 0.717) is 23.6 Å². The molecule has 0 spiro atoms. The smallest absolute Gasteiger partial charge is 0.329 e. The number of aromatic nitrogens is 2. The molecule has 0 unspecified atom stereocenters. The zero-order valence-electron chi connectivity index (χ0n) is 21.8. The Hall–Kier alpha value is -5.50. The number of amides is 2. The van der Waals surface area contributed by atoms with Crippen LogP contribution >= 0.6 is 0 Å². The lowest BCUT2D eigenvalue weighted by molar-refractivity contribution is -0.136. The van der Waals surface area contributed by atoms with E-state index in [2.05, 4.69) is 15.8 Å². The van der Waals surface area contributed by atoms with Gasteiger partial charge < -0.3 is 10.1 Å². The van der Waals surface area contributed by atoms with Crippen molar-refractivity contribution in [3.8, 4) is 22.7 Å². The number of hydrogen-bond acceptors (Lipinski definition) is 5. The van der Waals surface area contributed by atoms with Crippen LogP contribution in [0.15, 0.2) is 120 Å². The second-order valence-electron chi connectivity index (χ2n) is 9.03. The average molecular weight is 530 g/mol. The number of aryl methyl sites for hydroxylation is 1. The quantitative estimate of drug-likeness (QED) is 0.157. The van der Waals surface area contributed by atoms with E-state index in [1.807, 2.05) is 104 Å². The van der Waals surface area contributed by atoms with Crippen LogP contribution in [-0.4, -0.2) is 27.8 Å². The summed E-state index contributed by atoms with van der Waals surface area (Å²) in [5, 5.41) is 11.4. The summed E-state index contributed by atoms with van der Waals surface area (Å²) in [5.41, 5.74) is 7.90. The highest BCUT2D eigenvalue weighted by molar-refractivity contribution is 6.39. The van der Waals surface area contributed by atoms with Crippen molar-refractivity contribution in [3.05, 3.63) is 132 Å². The third-order valence-electron chi connectivity index (χ3n) is 5.99. The average Bonchev–Trinajstić information content (AvgIpc) is 3.41. The predicted octanol–water partition coefficient (Wildman–Crippen LogP) is 5.52. The summed E-state index contributed by atoms with van der Waals surface area (Å²) in [7, 11) is 0. The minimum Gasteiger partial charge on any atom is -0.489 e. The lowest BCUT2D eigenvalue weighted by Gasteiger charge is -2.07. The van der Waals surface area contributed by atoms with E-state index in [-0.39, 0.29) is 0 Å². The van der Waals surface area contributed by atoms with Crippen LogP contribution in [0, 0.1) is 6.92 Å².